The van der Waals surface area contributed by atoms with Crippen LogP contribution in [0.4, 0.5) is 0 Å². The Morgan fingerprint density at radius 2 is 2.00 bits per heavy atom. The molecule has 0 saturated carbocycles. The van der Waals surface area contributed by atoms with Crippen molar-refractivity contribution in [1.82, 2.24) is 0 Å². The minimum atomic E-state index is -0.716. The molecule has 104 valence electrons. The fraction of sp³-hybridized carbons (Fsp3) is 0.333. The van der Waals surface area contributed by atoms with Crippen LogP contribution in [0.15, 0.2) is 46.9 Å². The lowest BCUT2D eigenvalue weighted by atomic mass is 9.76. The second-order valence-electron chi connectivity index (χ2n) is 5.68. The van der Waals surface area contributed by atoms with Gasteiger partial charge in [-0.25, -0.2) is 0 Å². The van der Waals surface area contributed by atoms with Gasteiger partial charge in [-0.2, -0.15) is 0 Å². The fourth-order valence-corrected chi connectivity index (χ4v) is 3.48. The zero-order chi connectivity index (χ0) is 14.2. The third-order valence-corrected chi connectivity index (χ3v) is 4.82. The van der Waals surface area contributed by atoms with Crippen molar-refractivity contribution in [2.75, 3.05) is 0 Å². The summed E-state index contributed by atoms with van der Waals surface area (Å²) in [5.41, 5.74) is 4.26. The van der Waals surface area contributed by atoms with Gasteiger partial charge in [-0.3, -0.25) is 0 Å². The molecule has 0 aromatic heterocycles. The van der Waals surface area contributed by atoms with Gasteiger partial charge in [0.1, 0.15) is 0 Å². The summed E-state index contributed by atoms with van der Waals surface area (Å²) in [6, 6.07) is 14.8. The maximum absolute atomic E-state index is 11.1. The first-order valence-corrected chi connectivity index (χ1v) is 7.99. The molecule has 2 heteroatoms. The average Bonchev–Trinajstić information content (AvgIpc) is 2.48. The van der Waals surface area contributed by atoms with Crippen LogP contribution < -0.4 is 0 Å². The lowest BCUT2D eigenvalue weighted by Gasteiger charge is -2.34. The zero-order valence-corrected chi connectivity index (χ0v) is 13.3. The Bertz CT molecular complexity index is 635. The second kappa shape index (κ2) is 5.34. The maximum Gasteiger partial charge on any atom is 0.0940 e. The van der Waals surface area contributed by atoms with Gasteiger partial charge in [0.25, 0.3) is 0 Å². The van der Waals surface area contributed by atoms with E-state index in [0.29, 0.717) is 6.42 Å². The quantitative estimate of drug-likeness (QED) is 0.865. The van der Waals surface area contributed by atoms with Crippen molar-refractivity contribution in [3.63, 3.8) is 0 Å². The highest BCUT2D eigenvalue weighted by Gasteiger charge is 2.33. The molecule has 3 rings (SSSR count). The first kappa shape index (κ1) is 13.8. The minimum absolute atomic E-state index is 0.711. The van der Waals surface area contributed by atoms with E-state index in [1.165, 1.54) is 16.7 Å². The van der Waals surface area contributed by atoms with Crippen LogP contribution in [-0.4, -0.2) is 5.11 Å². The van der Waals surface area contributed by atoms with Gasteiger partial charge in [-0.1, -0.05) is 53.2 Å². The van der Waals surface area contributed by atoms with E-state index < -0.39 is 5.60 Å². The summed E-state index contributed by atoms with van der Waals surface area (Å²) in [5.74, 6) is 0. The minimum Gasteiger partial charge on any atom is -0.385 e. The summed E-state index contributed by atoms with van der Waals surface area (Å²) in [6.07, 6.45) is 3.45. The van der Waals surface area contributed by atoms with E-state index in [0.717, 1.165) is 29.3 Å². The Kier molecular flexibility index (Phi) is 3.70. The summed E-state index contributed by atoms with van der Waals surface area (Å²) < 4.78 is 1.12. The standard InChI is InChI=1S/C18H19BrO/c1-2-13-4-3-5-16(10-13)18(20)9-8-14-11-17(19)7-6-15(14)12-18/h3-7,10-11,20H,2,8-9,12H2,1H3. The summed E-state index contributed by atoms with van der Waals surface area (Å²) in [4.78, 5) is 0. The SMILES string of the molecule is CCc1cccc(C2(O)CCc3cc(Br)ccc3C2)c1. The molecule has 0 amide bonds. The number of rotatable bonds is 2. The Balaban J connectivity index is 1.96. The number of halogens is 1. The molecule has 1 atom stereocenters. The molecule has 1 nitrogen and oxygen atoms in total. The number of aryl methyl sites for hydroxylation is 2. The van der Waals surface area contributed by atoms with Crippen molar-refractivity contribution in [2.24, 2.45) is 0 Å². The number of benzene rings is 2. The molecule has 1 N–H and O–H groups in total. The highest BCUT2D eigenvalue weighted by molar-refractivity contribution is 9.10. The predicted octanol–water partition coefficient (Wildman–Crippen LogP) is 4.39. The number of fused-ring (bicyclic) bond motifs is 1. The summed E-state index contributed by atoms with van der Waals surface area (Å²) in [7, 11) is 0. The monoisotopic (exact) mass is 330 g/mol. The Morgan fingerprint density at radius 3 is 2.80 bits per heavy atom. The van der Waals surface area contributed by atoms with Gasteiger partial charge in [-0.05, 0) is 53.6 Å². The van der Waals surface area contributed by atoms with Gasteiger partial charge in [0.05, 0.1) is 5.60 Å². The van der Waals surface area contributed by atoms with Crippen LogP contribution in [0.25, 0.3) is 0 Å². The van der Waals surface area contributed by atoms with Crippen molar-refractivity contribution in [3.8, 4) is 0 Å². The van der Waals surface area contributed by atoms with Crippen LogP contribution in [0.2, 0.25) is 0 Å². The molecular formula is C18H19BrO. The third kappa shape index (κ3) is 2.55. The second-order valence-corrected chi connectivity index (χ2v) is 6.59. The number of hydrogen-bond acceptors (Lipinski definition) is 1. The van der Waals surface area contributed by atoms with E-state index >= 15 is 0 Å². The molecule has 20 heavy (non-hydrogen) atoms. The van der Waals surface area contributed by atoms with Crippen LogP contribution in [0, 0.1) is 0 Å². The molecule has 0 radical (unpaired) electrons. The molecular weight excluding hydrogens is 312 g/mol. The van der Waals surface area contributed by atoms with Crippen LogP contribution >= 0.6 is 15.9 Å². The Hall–Kier alpha value is -1.12. The number of hydrogen-bond donors (Lipinski definition) is 1. The van der Waals surface area contributed by atoms with Crippen molar-refractivity contribution in [1.29, 1.82) is 0 Å². The van der Waals surface area contributed by atoms with Crippen molar-refractivity contribution < 1.29 is 5.11 Å². The van der Waals surface area contributed by atoms with Crippen LogP contribution in [0.3, 0.4) is 0 Å². The molecule has 0 bridgehead atoms. The van der Waals surface area contributed by atoms with Crippen LogP contribution in [0.1, 0.15) is 35.6 Å². The average molecular weight is 331 g/mol. The van der Waals surface area contributed by atoms with E-state index in [1.54, 1.807) is 0 Å². The number of aliphatic hydroxyl groups is 1. The lowest BCUT2D eigenvalue weighted by molar-refractivity contribution is 0.0222. The van der Waals surface area contributed by atoms with Gasteiger partial charge in [-0.15, -0.1) is 0 Å². The van der Waals surface area contributed by atoms with E-state index in [1.807, 2.05) is 0 Å². The highest BCUT2D eigenvalue weighted by atomic mass is 79.9. The Morgan fingerprint density at radius 1 is 1.15 bits per heavy atom. The van der Waals surface area contributed by atoms with Gasteiger partial charge in [0.15, 0.2) is 0 Å². The zero-order valence-electron chi connectivity index (χ0n) is 11.7. The van der Waals surface area contributed by atoms with Gasteiger partial charge in [0.2, 0.25) is 0 Å². The predicted molar refractivity (Wildman–Crippen MR) is 85.9 cm³/mol. The molecule has 0 heterocycles. The van der Waals surface area contributed by atoms with E-state index in [-0.39, 0.29) is 0 Å². The van der Waals surface area contributed by atoms with Crippen molar-refractivity contribution in [2.45, 2.75) is 38.2 Å². The molecule has 2 aromatic carbocycles. The molecule has 0 spiro atoms. The molecule has 1 aliphatic carbocycles. The van der Waals surface area contributed by atoms with Crippen LogP contribution in [-0.2, 0) is 24.9 Å². The lowest BCUT2D eigenvalue weighted by Crippen LogP contribution is -2.33. The van der Waals surface area contributed by atoms with Crippen molar-refractivity contribution in [3.05, 3.63) is 69.2 Å². The summed E-state index contributed by atoms with van der Waals surface area (Å²) >= 11 is 3.52. The first-order valence-electron chi connectivity index (χ1n) is 7.20. The van der Waals surface area contributed by atoms with Gasteiger partial charge < -0.3 is 5.11 Å². The fourth-order valence-electron chi connectivity index (χ4n) is 3.07. The molecule has 1 unspecified atom stereocenters. The summed E-state index contributed by atoms with van der Waals surface area (Å²) in [5, 5.41) is 11.1. The topological polar surface area (TPSA) is 20.2 Å². The first-order chi connectivity index (χ1) is 9.60. The van der Waals surface area contributed by atoms with E-state index in [2.05, 4.69) is 65.3 Å². The normalized spacial score (nSPS) is 21.6. The molecule has 0 aliphatic heterocycles. The van der Waals surface area contributed by atoms with Crippen molar-refractivity contribution >= 4 is 15.9 Å². The largest absolute Gasteiger partial charge is 0.385 e. The smallest absolute Gasteiger partial charge is 0.0940 e. The van der Waals surface area contributed by atoms with E-state index in [9.17, 15) is 5.11 Å². The van der Waals surface area contributed by atoms with E-state index in [4.69, 9.17) is 0 Å². The Labute approximate surface area is 128 Å². The molecule has 2 aromatic rings. The summed E-state index contributed by atoms with van der Waals surface area (Å²) in [6.45, 7) is 2.15. The maximum atomic E-state index is 11.1. The highest BCUT2D eigenvalue weighted by Crippen LogP contribution is 2.37. The van der Waals surface area contributed by atoms with Gasteiger partial charge >= 0.3 is 0 Å². The third-order valence-electron chi connectivity index (χ3n) is 4.33. The molecule has 1 aliphatic rings. The molecule has 0 saturated heterocycles. The van der Waals surface area contributed by atoms with Crippen LogP contribution in [0.5, 0.6) is 0 Å². The molecule has 0 fully saturated rings. The van der Waals surface area contributed by atoms with Gasteiger partial charge in [0, 0.05) is 10.9 Å².